The molecule has 2 aromatic rings. The van der Waals surface area contributed by atoms with Crippen molar-refractivity contribution < 1.29 is 29.4 Å². The van der Waals surface area contributed by atoms with Crippen LogP contribution in [-0.2, 0) is 32.0 Å². The summed E-state index contributed by atoms with van der Waals surface area (Å²) < 4.78 is 0. The van der Waals surface area contributed by atoms with Crippen LogP contribution >= 0.6 is 0 Å². The van der Waals surface area contributed by atoms with E-state index >= 15 is 0 Å². The number of hydrogen-bond donors (Lipinski definition) is 6. The number of carbonyl (C=O) groups is 4. The third-order valence-electron chi connectivity index (χ3n) is 6.25. The monoisotopic (exact) mass is 510 g/mol. The number of aliphatic hydroxyl groups excluding tert-OH is 1. The number of hydrogen-bond acceptors (Lipinski definition) is 6. The van der Waals surface area contributed by atoms with Gasteiger partial charge in [0.05, 0.1) is 12.1 Å². The average Bonchev–Trinajstić information content (AvgIpc) is 3.42. The molecular weight excluding hydrogens is 476 g/mol. The lowest BCUT2D eigenvalue weighted by Crippen LogP contribution is -2.60. The Morgan fingerprint density at radius 3 is 1.89 bits per heavy atom. The molecule has 3 amide bonds. The van der Waals surface area contributed by atoms with Crippen LogP contribution in [0, 0.1) is 0 Å². The zero-order valence-electron chi connectivity index (χ0n) is 20.7. The highest BCUT2D eigenvalue weighted by atomic mass is 16.4. The van der Waals surface area contributed by atoms with Gasteiger partial charge in [0, 0.05) is 12.8 Å². The topological polar surface area (TPSA) is 157 Å². The molecule has 37 heavy (non-hydrogen) atoms. The molecule has 1 saturated heterocycles. The van der Waals surface area contributed by atoms with Crippen molar-refractivity contribution in [1.82, 2.24) is 21.3 Å². The van der Waals surface area contributed by atoms with Gasteiger partial charge in [0.15, 0.2) is 0 Å². The molecule has 1 aliphatic rings. The van der Waals surface area contributed by atoms with E-state index in [1.807, 2.05) is 12.1 Å². The van der Waals surface area contributed by atoms with Crippen LogP contribution in [0.5, 0.6) is 0 Å². The van der Waals surface area contributed by atoms with Crippen LogP contribution in [0.1, 0.15) is 30.9 Å². The second kappa shape index (κ2) is 13.5. The Morgan fingerprint density at radius 2 is 1.41 bits per heavy atom. The lowest BCUT2D eigenvalue weighted by Gasteiger charge is -2.26. The first-order chi connectivity index (χ1) is 17.7. The summed E-state index contributed by atoms with van der Waals surface area (Å²) in [5.41, 5.74) is 1.47. The molecule has 0 radical (unpaired) electrons. The number of carbonyl (C=O) groups excluding carboxylic acids is 3. The summed E-state index contributed by atoms with van der Waals surface area (Å²) >= 11 is 0. The maximum absolute atomic E-state index is 13.3. The number of nitrogens with one attached hydrogen (secondary N) is 4. The summed E-state index contributed by atoms with van der Waals surface area (Å²) in [4.78, 5) is 50.9. The minimum absolute atomic E-state index is 0.0641. The summed E-state index contributed by atoms with van der Waals surface area (Å²) in [6, 6.07) is 13.7. The van der Waals surface area contributed by atoms with Crippen molar-refractivity contribution in [1.29, 1.82) is 0 Å². The molecule has 0 aliphatic carbocycles. The van der Waals surface area contributed by atoms with Gasteiger partial charge >= 0.3 is 5.97 Å². The number of carboxylic acids is 1. The number of benzene rings is 2. The van der Waals surface area contributed by atoms with Crippen LogP contribution < -0.4 is 21.3 Å². The van der Waals surface area contributed by atoms with Gasteiger partial charge in [-0.25, -0.2) is 4.79 Å². The van der Waals surface area contributed by atoms with Gasteiger partial charge in [-0.1, -0.05) is 60.7 Å². The van der Waals surface area contributed by atoms with Crippen LogP contribution in [0.4, 0.5) is 0 Å². The Hall–Kier alpha value is -3.76. The van der Waals surface area contributed by atoms with E-state index < -0.39 is 54.0 Å². The summed E-state index contributed by atoms with van der Waals surface area (Å²) in [7, 11) is 0. The van der Waals surface area contributed by atoms with E-state index in [4.69, 9.17) is 0 Å². The number of rotatable bonds is 12. The van der Waals surface area contributed by atoms with Gasteiger partial charge in [0.1, 0.15) is 18.1 Å². The number of aliphatic carboxylic acids is 1. The highest BCUT2D eigenvalue weighted by molar-refractivity contribution is 5.94. The molecular formula is C27H34N4O6. The van der Waals surface area contributed by atoms with Gasteiger partial charge in [-0.05, 0) is 37.4 Å². The Labute approximate surface area is 215 Å². The molecule has 10 nitrogen and oxygen atoms in total. The van der Waals surface area contributed by atoms with E-state index in [1.165, 1.54) is 6.92 Å². The molecule has 0 bridgehead atoms. The predicted octanol–water partition coefficient (Wildman–Crippen LogP) is 0.144. The first-order valence-corrected chi connectivity index (χ1v) is 12.4. The average molecular weight is 511 g/mol. The standard InChI is InChI=1S/C27H34N4O6/c1-17(32)23(31-24(33)20-13-8-14-28-20)26(35)29-21(15-18-9-4-2-5-10-18)25(34)30-22(27(36)37)16-19-11-6-3-7-12-19/h2-7,9-12,17,20-23,28,32H,8,13-16H2,1H3,(H,29,35)(H,30,34)(H,31,33)(H,36,37). The SMILES string of the molecule is CC(O)C(NC(=O)C1CCCN1)C(=O)NC(Cc1ccccc1)C(=O)NC(Cc1ccccc1)C(=O)O. The van der Waals surface area contributed by atoms with E-state index in [0.717, 1.165) is 17.5 Å². The zero-order chi connectivity index (χ0) is 26.8. The molecule has 0 saturated carbocycles. The molecule has 0 aromatic heterocycles. The molecule has 5 unspecified atom stereocenters. The second-order valence-corrected chi connectivity index (χ2v) is 9.22. The van der Waals surface area contributed by atoms with Crippen molar-refractivity contribution in [2.45, 2.75) is 62.9 Å². The largest absolute Gasteiger partial charge is 0.480 e. The Bertz CT molecular complexity index is 1060. The lowest BCUT2D eigenvalue weighted by molar-refractivity contribution is -0.142. The summed E-state index contributed by atoms with van der Waals surface area (Å²) in [5.74, 6) is -3.04. The van der Waals surface area contributed by atoms with Crippen molar-refractivity contribution in [2.24, 2.45) is 0 Å². The highest BCUT2D eigenvalue weighted by Gasteiger charge is 2.33. The van der Waals surface area contributed by atoms with Gasteiger partial charge in [0.2, 0.25) is 17.7 Å². The Morgan fingerprint density at radius 1 is 0.865 bits per heavy atom. The molecule has 198 valence electrons. The van der Waals surface area contributed by atoms with Crippen molar-refractivity contribution in [3.63, 3.8) is 0 Å². The normalized spacial score (nSPS) is 18.2. The van der Waals surface area contributed by atoms with Crippen molar-refractivity contribution in [3.8, 4) is 0 Å². The summed E-state index contributed by atoms with van der Waals surface area (Å²) in [6.45, 7) is 2.07. The minimum atomic E-state index is -1.29. The molecule has 6 N–H and O–H groups in total. The quantitative estimate of drug-likeness (QED) is 0.237. The van der Waals surface area contributed by atoms with Crippen LogP contribution in [0.3, 0.4) is 0 Å². The fourth-order valence-electron chi connectivity index (χ4n) is 4.21. The number of carboxylic acid groups (broad SMARTS) is 1. The van der Waals surface area contributed by atoms with Gasteiger partial charge < -0.3 is 31.5 Å². The number of aliphatic hydroxyl groups is 1. The molecule has 10 heteroatoms. The Balaban J connectivity index is 1.75. The Kier molecular flexibility index (Phi) is 10.2. The van der Waals surface area contributed by atoms with E-state index in [1.54, 1.807) is 48.5 Å². The summed E-state index contributed by atoms with van der Waals surface area (Å²) in [6.07, 6.45) is 0.374. The smallest absolute Gasteiger partial charge is 0.326 e. The molecule has 1 heterocycles. The molecule has 2 aromatic carbocycles. The summed E-state index contributed by atoms with van der Waals surface area (Å²) in [5, 5.41) is 30.7. The maximum atomic E-state index is 13.3. The van der Waals surface area contributed by atoms with E-state index in [-0.39, 0.29) is 12.8 Å². The lowest BCUT2D eigenvalue weighted by atomic mass is 10.0. The van der Waals surface area contributed by atoms with Crippen LogP contribution in [0.2, 0.25) is 0 Å². The molecule has 1 aliphatic heterocycles. The van der Waals surface area contributed by atoms with Crippen molar-refractivity contribution >= 4 is 23.7 Å². The first-order valence-electron chi connectivity index (χ1n) is 12.4. The fourth-order valence-corrected chi connectivity index (χ4v) is 4.21. The molecule has 1 fully saturated rings. The van der Waals surface area contributed by atoms with Gasteiger partial charge in [-0.3, -0.25) is 14.4 Å². The van der Waals surface area contributed by atoms with E-state index in [2.05, 4.69) is 21.3 Å². The van der Waals surface area contributed by atoms with Gasteiger partial charge in [0.25, 0.3) is 0 Å². The van der Waals surface area contributed by atoms with Crippen LogP contribution in [0.25, 0.3) is 0 Å². The van der Waals surface area contributed by atoms with Gasteiger partial charge in [-0.2, -0.15) is 0 Å². The van der Waals surface area contributed by atoms with Crippen LogP contribution in [-0.4, -0.2) is 70.7 Å². The fraction of sp³-hybridized carbons (Fsp3) is 0.407. The van der Waals surface area contributed by atoms with E-state index in [0.29, 0.717) is 13.0 Å². The maximum Gasteiger partial charge on any atom is 0.326 e. The van der Waals surface area contributed by atoms with Crippen LogP contribution in [0.15, 0.2) is 60.7 Å². The predicted molar refractivity (Wildman–Crippen MR) is 136 cm³/mol. The molecule has 5 atom stereocenters. The first kappa shape index (κ1) is 27.8. The van der Waals surface area contributed by atoms with Crippen molar-refractivity contribution in [3.05, 3.63) is 71.8 Å². The highest BCUT2D eigenvalue weighted by Crippen LogP contribution is 2.09. The zero-order valence-corrected chi connectivity index (χ0v) is 20.7. The number of amides is 3. The molecule has 3 rings (SSSR count). The van der Waals surface area contributed by atoms with Gasteiger partial charge in [-0.15, -0.1) is 0 Å². The van der Waals surface area contributed by atoms with E-state index in [9.17, 15) is 29.4 Å². The second-order valence-electron chi connectivity index (χ2n) is 9.22. The van der Waals surface area contributed by atoms with Crippen molar-refractivity contribution in [2.75, 3.05) is 6.54 Å². The minimum Gasteiger partial charge on any atom is -0.480 e. The third-order valence-corrected chi connectivity index (χ3v) is 6.25. The molecule has 0 spiro atoms. The third kappa shape index (κ3) is 8.40.